The molecule has 0 aliphatic heterocycles. The van der Waals surface area contributed by atoms with E-state index in [1.165, 1.54) is 0 Å². The van der Waals surface area contributed by atoms with Gasteiger partial charge in [0.15, 0.2) is 0 Å². The van der Waals surface area contributed by atoms with E-state index in [0.717, 1.165) is 10.6 Å². The van der Waals surface area contributed by atoms with Gasteiger partial charge in [0, 0.05) is 17.5 Å². The summed E-state index contributed by atoms with van der Waals surface area (Å²) in [6.45, 7) is 0.493. The molecule has 0 aliphatic carbocycles. The van der Waals surface area contributed by atoms with Crippen molar-refractivity contribution in [3.8, 4) is 5.88 Å². The highest BCUT2D eigenvalue weighted by atomic mass is 32.1. The normalized spacial score (nSPS) is 12.1. The molecule has 1 unspecified atom stereocenters. The third kappa shape index (κ3) is 4.04. The van der Waals surface area contributed by atoms with Crippen LogP contribution in [0.5, 0.6) is 5.88 Å². The van der Waals surface area contributed by atoms with E-state index in [1.807, 2.05) is 29.6 Å². The molecule has 20 heavy (non-hydrogen) atoms. The van der Waals surface area contributed by atoms with E-state index < -0.39 is 5.97 Å². The van der Waals surface area contributed by atoms with Crippen LogP contribution in [0.2, 0.25) is 0 Å². The van der Waals surface area contributed by atoms with Crippen molar-refractivity contribution in [2.45, 2.75) is 19.0 Å². The number of methoxy groups -OCH3 is 1. The molecule has 0 aromatic carbocycles. The third-order valence-electron chi connectivity index (χ3n) is 2.79. The Balaban J connectivity index is 2.02. The molecule has 0 bridgehead atoms. The first-order chi connectivity index (χ1) is 9.69. The van der Waals surface area contributed by atoms with Gasteiger partial charge < -0.3 is 15.2 Å². The minimum Gasteiger partial charge on any atom is -0.481 e. The number of aliphatic carboxylic acids is 1. The number of pyridine rings is 1. The van der Waals surface area contributed by atoms with Gasteiger partial charge in [0.25, 0.3) is 0 Å². The molecule has 2 N–H and O–H groups in total. The highest BCUT2D eigenvalue weighted by Gasteiger charge is 2.16. The van der Waals surface area contributed by atoms with Crippen molar-refractivity contribution in [2.75, 3.05) is 7.11 Å². The summed E-state index contributed by atoms with van der Waals surface area (Å²) in [4.78, 5) is 16.3. The van der Waals surface area contributed by atoms with Crippen LogP contribution in [0.15, 0.2) is 35.7 Å². The predicted molar refractivity (Wildman–Crippen MR) is 76.9 cm³/mol. The molecule has 0 radical (unpaired) electrons. The molecule has 2 heterocycles. The molecule has 0 amide bonds. The van der Waals surface area contributed by atoms with E-state index >= 15 is 0 Å². The lowest BCUT2D eigenvalue weighted by Gasteiger charge is -2.15. The number of carbonyl (C=O) groups is 1. The van der Waals surface area contributed by atoms with Crippen LogP contribution in [-0.4, -0.2) is 23.2 Å². The maximum absolute atomic E-state index is 10.9. The predicted octanol–water partition coefficient (Wildman–Crippen LogP) is 2.46. The van der Waals surface area contributed by atoms with Gasteiger partial charge in [-0.1, -0.05) is 12.1 Å². The summed E-state index contributed by atoms with van der Waals surface area (Å²) < 4.78 is 5.07. The molecular formula is C14H16N2O3S. The summed E-state index contributed by atoms with van der Waals surface area (Å²) in [5.74, 6) is -0.273. The standard InChI is InChI=1S/C14H16N2O3S/c1-19-13-6-2-4-10(16-13)9-15-11(8-14(17)18)12-5-3-7-20-12/h2-7,11,15H,8-9H2,1H3,(H,17,18). The van der Waals surface area contributed by atoms with E-state index in [9.17, 15) is 4.79 Å². The van der Waals surface area contributed by atoms with Crippen LogP contribution in [0.1, 0.15) is 23.0 Å². The Morgan fingerprint density at radius 3 is 2.95 bits per heavy atom. The molecule has 0 aliphatic rings. The van der Waals surface area contributed by atoms with E-state index in [2.05, 4.69) is 10.3 Å². The SMILES string of the molecule is COc1cccc(CNC(CC(=O)O)c2cccs2)n1. The molecule has 0 fully saturated rings. The van der Waals surface area contributed by atoms with Gasteiger partial charge in [0.1, 0.15) is 0 Å². The van der Waals surface area contributed by atoms with Crippen LogP contribution in [0.4, 0.5) is 0 Å². The molecule has 5 nitrogen and oxygen atoms in total. The summed E-state index contributed by atoms with van der Waals surface area (Å²) >= 11 is 1.54. The Bertz CT molecular complexity index is 557. The van der Waals surface area contributed by atoms with Crippen molar-refractivity contribution >= 4 is 17.3 Å². The first kappa shape index (κ1) is 14.5. The summed E-state index contributed by atoms with van der Waals surface area (Å²) in [6.07, 6.45) is 0.0461. The second kappa shape index (κ2) is 7.02. The number of nitrogens with zero attached hydrogens (tertiary/aromatic N) is 1. The zero-order valence-corrected chi connectivity index (χ0v) is 11.9. The van der Waals surface area contributed by atoms with Crippen molar-refractivity contribution < 1.29 is 14.6 Å². The molecule has 0 saturated heterocycles. The highest BCUT2D eigenvalue weighted by Crippen LogP contribution is 2.22. The number of carboxylic acids is 1. The number of thiophene rings is 1. The second-order valence-corrected chi connectivity index (χ2v) is 5.20. The molecule has 0 spiro atoms. The van der Waals surface area contributed by atoms with Crippen molar-refractivity contribution in [3.63, 3.8) is 0 Å². The Kier molecular flexibility index (Phi) is 5.09. The lowest BCUT2D eigenvalue weighted by Crippen LogP contribution is -2.23. The fourth-order valence-electron chi connectivity index (χ4n) is 1.84. The number of ether oxygens (including phenoxy) is 1. The first-order valence-corrected chi connectivity index (χ1v) is 7.05. The largest absolute Gasteiger partial charge is 0.481 e. The van der Waals surface area contributed by atoms with Crippen LogP contribution >= 0.6 is 11.3 Å². The number of carboxylic acid groups (broad SMARTS) is 1. The van der Waals surface area contributed by atoms with Crippen LogP contribution in [-0.2, 0) is 11.3 Å². The number of nitrogens with one attached hydrogen (secondary N) is 1. The second-order valence-electron chi connectivity index (χ2n) is 4.22. The molecule has 1 atom stereocenters. The number of hydrogen-bond acceptors (Lipinski definition) is 5. The lowest BCUT2D eigenvalue weighted by molar-refractivity contribution is -0.137. The summed E-state index contributed by atoms with van der Waals surface area (Å²) in [5.41, 5.74) is 0.816. The minimum absolute atomic E-state index is 0.0461. The Labute approximate surface area is 121 Å². The van der Waals surface area contributed by atoms with Gasteiger partial charge in [-0.2, -0.15) is 0 Å². The molecular weight excluding hydrogens is 276 g/mol. The maximum Gasteiger partial charge on any atom is 0.305 e. The summed E-state index contributed by atoms with van der Waals surface area (Å²) in [6, 6.07) is 9.16. The Hall–Kier alpha value is -1.92. The summed E-state index contributed by atoms with van der Waals surface area (Å²) in [7, 11) is 1.57. The average molecular weight is 292 g/mol. The maximum atomic E-state index is 10.9. The lowest BCUT2D eigenvalue weighted by atomic mass is 10.1. The zero-order valence-electron chi connectivity index (χ0n) is 11.1. The first-order valence-electron chi connectivity index (χ1n) is 6.17. The molecule has 2 aromatic heterocycles. The number of aromatic nitrogens is 1. The smallest absolute Gasteiger partial charge is 0.305 e. The van der Waals surface area contributed by atoms with Crippen molar-refractivity contribution in [1.82, 2.24) is 10.3 Å². The van der Waals surface area contributed by atoms with E-state index in [4.69, 9.17) is 9.84 Å². The molecule has 106 valence electrons. The Morgan fingerprint density at radius 1 is 1.45 bits per heavy atom. The van der Waals surface area contributed by atoms with Crippen LogP contribution < -0.4 is 10.1 Å². The van der Waals surface area contributed by atoms with Crippen LogP contribution in [0, 0.1) is 0 Å². The van der Waals surface area contributed by atoms with Gasteiger partial charge in [-0.15, -0.1) is 11.3 Å². The molecule has 0 saturated carbocycles. The minimum atomic E-state index is -0.825. The monoisotopic (exact) mass is 292 g/mol. The van der Waals surface area contributed by atoms with Gasteiger partial charge in [-0.3, -0.25) is 4.79 Å². The highest BCUT2D eigenvalue weighted by molar-refractivity contribution is 7.10. The summed E-state index contributed by atoms with van der Waals surface area (Å²) in [5, 5.41) is 14.2. The van der Waals surface area contributed by atoms with Gasteiger partial charge in [0.2, 0.25) is 5.88 Å². The fraction of sp³-hybridized carbons (Fsp3) is 0.286. The quantitative estimate of drug-likeness (QED) is 0.820. The van der Waals surface area contributed by atoms with E-state index in [-0.39, 0.29) is 12.5 Å². The average Bonchev–Trinajstić information content (AvgIpc) is 2.97. The van der Waals surface area contributed by atoms with E-state index in [0.29, 0.717) is 12.4 Å². The number of rotatable bonds is 7. The zero-order chi connectivity index (χ0) is 14.4. The van der Waals surface area contributed by atoms with Gasteiger partial charge in [-0.25, -0.2) is 4.98 Å². The van der Waals surface area contributed by atoms with E-state index in [1.54, 1.807) is 24.5 Å². The molecule has 2 aromatic rings. The van der Waals surface area contributed by atoms with Crippen molar-refractivity contribution in [2.24, 2.45) is 0 Å². The molecule has 2 rings (SSSR count). The van der Waals surface area contributed by atoms with Crippen LogP contribution in [0.25, 0.3) is 0 Å². The fourth-order valence-corrected chi connectivity index (χ4v) is 2.64. The van der Waals surface area contributed by atoms with Crippen molar-refractivity contribution in [3.05, 3.63) is 46.3 Å². The third-order valence-corrected chi connectivity index (χ3v) is 3.77. The van der Waals surface area contributed by atoms with Crippen molar-refractivity contribution in [1.29, 1.82) is 0 Å². The molecule has 6 heteroatoms. The Morgan fingerprint density at radius 2 is 2.30 bits per heavy atom. The van der Waals surface area contributed by atoms with Gasteiger partial charge >= 0.3 is 5.97 Å². The van der Waals surface area contributed by atoms with Crippen LogP contribution in [0.3, 0.4) is 0 Å². The topological polar surface area (TPSA) is 71.5 Å². The van der Waals surface area contributed by atoms with Gasteiger partial charge in [-0.05, 0) is 17.5 Å². The number of hydrogen-bond donors (Lipinski definition) is 2. The van der Waals surface area contributed by atoms with Gasteiger partial charge in [0.05, 0.1) is 25.3 Å².